The van der Waals surface area contributed by atoms with Gasteiger partial charge in [-0.15, -0.1) is 0 Å². The Kier molecular flexibility index (Phi) is 6.87. The van der Waals surface area contributed by atoms with Crippen molar-refractivity contribution in [1.82, 2.24) is 10.5 Å². The Morgan fingerprint density at radius 2 is 1.57 bits per heavy atom. The number of fused-ring (bicyclic) bond motifs is 2. The SMILES string of the molecule is O=C(Nc1cccc2cccnc12)C(=Cc1ccc(C(=O)NO)cc1)COc1cccc2ccccc12. The molecule has 0 aliphatic carbocycles. The number of para-hydroxylation sites is 1. The van der Waals surface area contributed by atoms with Gasteiger partial charge in [0.1, 0.15) is 12.4 Å². The molecule has 0 atom stereocenters. The van der Waals surface area contributed by atoms with Crippen LogP contribution in [0.4, 0.5) is 5.69 Å². The Balaban J connectivity index is 1.46. The van der Waals surface area contributed by atoms with Crippen molar-refractivity contribution < 1.29 is 19.5 Å². The highest BCUT2D eigenvalue weighted by Gasteiger charge is 2.15. The summed E-state index contributed by atoms with van der Waals surface area (Å²) in [5.41, 5.74) is 4.25. The van der Waals surface area contributed by atoms with E-state index < -0.39 is 5.91 Å². The van der Waals surface area contributed by atoms with Crippen LogP contribution in [0.5, 0.6) is 5.75 Å². The number of nitrogens with zero attached hydrogens (tertiary/aromatic N) is 1. The number of carbonyl (C=O) groups is 2. The predicted octanol–water partition coefficient (Wildman–Crippen LogP) is 5.61. The molecular weight excluding hydrogens is 466 g/mol. The van der Waals surface area contributed by atoms with Gasteiger partial charge < -0.3 is 10.1 Å². The number of hydrogen-bond acceptors (Lipinski definition) is 5. The molecule has 0 saturated heterocycles. The van der Waals surface area contributed by atoms with E-state index in [-0.39, 0.29) is 12.5 Å². The summed E-state index contributed by atoms with van der Waals surface area (Å²) in [5, 5.41) is 14.7. The third-order valence-corrected chi connectivity index (χ3v) is 5.92. The van der Waals surface area contributed by atoms with Gasteiger partial charge in [0.25, 0.3) is 11.8 Å². The minimum Gasteiger partial charge on any atom is -0.488 e. The number of ether oxygens (including phenoxy) is 1. The molecule has 0 aliphatic rings. The summed E-state index contributed by atoms with van der Waals surface area (Å²) in [7, 11) is 0. The summed E-state index contributed by atoms with van der Waals surface area (Å²) in [6.45, 7) is 0.0108. The Hall–Kier alpha value is -5.01. The maximum Gasteiger partial charge on any atom is 0.274 e. The Labute approximate surface area is 213 Å². The van der Waals surface area contributed by atoms with Crippen LogP contribution in [0.2, 0.25) is 0 Å². The molecule has 4 aromatic carbocycles. The molecule has 5 aromatic rings. The van der Waals surface area contributed by atoms with Crippen molar-refractivity contribution in [3.8, 4) is 5.75 Å². The number of carbonyl (C=O) groups excluding carboxylic acids is 2. The molecule has 2 amide bonds. The molecule has 37 heavy (non-hydrogen) atoms. The van der Waals surface area contributed by atoms with E-state index in [0.717, 1.165) is 16.2 Å². The summed E-state index contributed by atoms with van der Waals surface area (Å²) < 4.78 is 6.14. The molecule has 0 fully saturated rings. The Bertz CT molecular complexity index is 1620. The van der Waals surface area contributed by atoms with Crippen molar-refractivity contribution in [3.63, 3.8) is 0 Å². The number of aromatic nitrogens is 1. The molecule has 0 bridgehead atoms. The topological polar surface area (TPSA) is 101 Å². The maximum absolute atomic E-state index is 13.5. The lowest BCUT2D eigenvalue weighted by molar-refractivity contribution is -0.113. The molecule has 1 aromatic heterocycles. The number of nitrogens with one attached hydrogen (secondary N) is 2. The lowest BCUT2D eigenvalue weighted by Gasteiger charge is -2.14. The summed E-state index contributed by atoms with van der Waals surface area (Å²) >= 11 is 0. The van der Waals surface area contributed by atoms with Crippen molar-refractivity contribution in [2.75, 3.05) is 11.9 Å². The first kappa shape index (κ1) is 23.7. The molecule has 7 nitrogen and oxygen atoms in total. The second kappa shape index (κ2) is 10.7. The van der Waals surface area contributed by atoms with Gasteiger partial charge in [0.15, 0.2) is 0 Å². The zero-order valence-corrected chi connectivity index (χ0v) is 19.7. The average Bonchev–Trinajstić information content (AvgIpc) is 2.95. The van der Waals surface area contributed by atoms with Crippen LogP contribution in [-0.2, 0) is 4.79 Å². The predicted molar refractivity (Wildman–Crippen MR) is 143 cm³/mol. The first-order valence-electron chi connectivity index (χ1n) is 11.6. The zero-order valence-electron chi connectivity index (χ0n) is 19.7. The number of amides is 2. The molecule has 7 heteroatoms. The van der Waals surface area contributed by atoms with Gasteiger partial charge in [-0.2, -0.15) is 0 Å². The van der Waals surface area contributed by atoms with Gasteiger partial charge in [-0.05, 0) is 47.4 Å². The van der Waals surface area contributed by atoms with Crippen LogP contribution < -0.4 is 15.5 Å². The maximum atomic E-state index is 13.5. The van der Waals surface area contributed by atoms with E-state index in [0.29, 0.717) is 33.7 Å². The minimum absolute atomic E-state index is 0.0108. The van der Waals surface area contributed by atoms with Crippen LogP contribution in [0.15, 0.2) is 109 Å². The number of anilines is 1. The second-order valence-corrected chi connectivity index (χ2v) is 8.33. The summed E-state index contributed by atoms with van der Waals surface area (Å²) in [5.74, 6) is -0.287. The third kappa shape index (κ3) is 5.32. The molecule has 5 rings (SSSR count). The van der Waals surface area contributed by atoms with Gasteiger partial charge in [-0.3, -0.25) is 19.8 Å². The standard InChI is InChI=1S/C30H23N3O4/c34-29(32-26-11-3-8-22-9-5-17-31-28(22)26)24(18-20-13-15-23(16-14-20)30(35)33-36)19-37-27-12-4-7-21-6-1-2-10-25(21)27/h1-18,36H,19H2,(H,32,34)(H,33,35). The van der Waals surface area contributed by atoms with Crippen molar-refractivity contribution >= 4 is 45.3 Å². The van der Waals surface area contributed by atoms with Crippen molar-refractivity contribution in [2.45, 2.75) is 0 Å². The molecule has 0 radical (unpaired) electrons. The molecule has 0 saturated carbocycles. The monoisotopic (exact) mass is 489 g/mol. The van der Waals surface area contributed by atoms with E-state index in [1.165, 1.54) is 0 Å². The fourth-order valence-electron chi connectivity index (χ4n) is 4.05. The largest absolute Gasteiger partial charge is 0.488 e. The second-order valence-electron chi connectivity index (χ2n) is 8.33. The number of pyridine rings is 1. The number of rotatable bonds is 7. The van der Waals surface area contributed by atoms with Gasteiger partial charge in [-0.1, -0.05) is 66.7 Å². The molecular formula is C30H23N3O4. The average molecular weight is 490 g/mol. The van der Waals surface area contributed by atoms with Crippen molar-refractivity contribution in [3.05, 3.63) is 120 Å². The highest BCUT2D eigenvalue weighted by Crippen LogP contribution is 2.26. The van der Waals surface area contributed by atoms with Crippen LogP contribution in [0.25, 0.3) is 27.8 Å². The van der Waals surface area contributed by atoms with Crippen molar-refractivity contribution in [2.24, 2.45) is 0 Å². The van der Waals surface area contributed by atoms with E-state index in [1.807, 2.05) is 66.7 Å². The molecule has 0 spiro atoms. The highest BCUT2D eigenvalue weighted by molar-refractivity contribution is 6.10. The Morgan fingerprint density at radius 1 is 0.838 bits per heavy atom. The Morgan fingerprint density at radius 3 is 2.41 bits per heavy atom. The number of hydrogen-bond donors (Lipinski definition) is 3. The lowest BCUT2D eigenvalue weighted by Crippen LogP contribution is -2.19. The van der Waals surface area contributed by atoms with Gasteiger partial charge in [-0.25, -0.2) is 5.48 Å². The molecule has 0 unspecified atom stereocenters. The molecule has 3 N–H and O–H groups in total. The third-order valence-electron chi connectivity index (χ3n) is 5.92. The summed E-state index contributed by atoms with van der Waals surface area (Å²) in [6.07, 6.45) is 3.39. The number of hydroxylamine groups is 1. The van der Waals surface area contributed by atoms with Crippen LogP contribution in [0.1, 0.15) is 15.9 Å². The molecule has 0 aliphatic heterocycles. The van der Waals surface area contributed by atoms with Crippen LogP contribution in [0, 0.1) is 0 Å². The van der Waals surface area contributed by atoms with Gasteiger partial charge >= 0.3 is 0 Å². The van der Waals surface area contributed by atoms with Crippen LogP contribution >= 0.6 is 0 Å². The summed E-state index contributed by atoms with van der Waals surface area (Å²) in [6, 6.07) is 29.5. The van der Waals surface area contributed by atoms with E-state index in [1.54, 1.807) is 48.1 Å². The van der Waals surface area contributed by atoms with E-state index in [4.69, 9.17) is 9.94 Å². The first-order valence-corrected chi connectivity index (χ1v) is 11.6. The van der Waals surface area contributed by atoms with E-state index in [2.05, 4.69) is 10.3 Å². The van der Waals surface area contributed by atoms with Crippen LogP contribution in [-0.4, -0.2) is 28.6 Å². The lowest BCUT2D eigenvalue weighted by atomic mass is 10.1. The van der Waals surface area contributed by atoms with Crippen molar-refractivity contribution in [1.29, 1.82) is 0 Å². The quantitative estimate of drug-likeness (QED) is 0.157. The zero-order chi connectivity index (χ0) is 25.6. The molecule has 1 heterocycles. The first-order chi connectivity index (χ1) is 18.1. The fraction of sp³-hybridized carbons (Fsp3) is 0.0333. The fourth-order valence-corrected chi connectivity index (χ4v) is 4.05. The van der Waals surface area contributed by atoms with E-state index >= 15 is 0 Å². The molecule has 182 valence electrons. The summed E-state index contributed by atoms with van der Waals surface area (Å²) in [4.78, 5) is 29.6. The van der Waals surface area contributed by atoms with Crippen LogP contribution in [0.3, 0.4) is 0 Å². The smallest absolute Gasteiger partial charge is 0.274 e. The van der Waals surface area contributed by atoms with E-state index in [9.17, 15) is 9.59 Å². The highest BCUT2D eigenvalue weighted by atomic mass is 16.5. The normalized spacial score (nSPS) is 11.3. The number of benzene rings is 4. The minimum atomic E-state index is -0.615. The van der Waals surface area contributed by atoms with Gasteiger partial charge in [0, 0.05) is 22.5 Å². The van der Waals surface area contributed by atoms with Gasteiger partial charge in [0.2, 0.25) is 0 Å². The van der Waals surface area contributed by atoms with Gasteiger partial charge in [0.05, 0.1) is 16.8 Å².